The number of rotatable bonds is 6. The SMILES string of the molecule is CN(C)[C@@H](CNC1CCN(c2ccccc2)CC1)c1ccco1. The Bertz CT molecular complexity index is 560. The molecule has 1 atom stereocenters. The first kappa shape index (κ1) is 16.1. The molecule has 23 heavy (non-hydrogen) atoms. The summed E-state index contributed by atoms with van der Waals surface area (Å²) in [7, 11) is 4.21. The van der Waals surface area contributed by atoms with Crippen LogP contribution in [0, 0.1) is 0 Å². The van der Waals surface area contributed by atoms with Crippen LogP contribution < -0.4 is 10.2 Å². The maximum Gasteiger partial charge on any atom is 0.122 e. The number of anilines is 1. The number of nitrogens with zero attached hydrogens (tertiary/aromatic N) is 2. The molecule has 0 amide bonds. The van der Waals surface area contributed by atoms with Gasteiger partial charge < -0.3 is 14.6 Å². The highest BCUT2D eigenvalue weighted by molar-refractivity contribution is 5.46. The Morgan fingerprint density at radius 1 is 1.13 bits per heavy atom. The van der Waals surface area contributed by atoms with E-state index in [1.807, 2.05) is 6.07 Å². The summed E-state index contributed by atoms with van der Waals surface area (Å²) in [4.78, 5) is 4.69. The Morgan fingerprint density at radius 2 is 1.87 bits per heavy atom. The van der Waals surface area contributed by atoms with Crippen molar-refractivity contribution in [2.24, 2.45) is 0 Å². The lowest BCUT2D eigenvalue weighted by Crippen LogP contribution is -2.44. The lowest BCUT2D eigenvalue weighted by atomic mass is 10.0. The number of para-hydroxylation sites is 1. The molecule has 1 fully saturated rings. The molecule has 1 saturated heterocycles. The first-order valence-corrected chi connectivity index (χ1v) is 8.47. The van der Waals surface area contributed by atoms with Crippen molar-refractivity contribution in [3.63, 3.8) is 0 Å². The van der Waals surface area contributed by atoms with Gasteiger partial charge in [-0.1, -0.05) is 18.2 Å². The first-order chi connectivity index (χ1) is 11.2. The third-order valence-corrected chi connectivity index (χ3v) is 4.71. The summed E-state index contributed by atoms with van der Waals surface area (Å²) < 4.78 is 5.58. The van der Waals surface area contributed by atoms with E-state index in [-0.39, 0.29) is 6.04 Å². The molecule has 0 saturated carbocycles. The summed E-state index contributed by atoms with van der Waals surface area (Å²) >= 11 is 0. The summed E-state index contributed by atoms with van der Waals surface area (Å²) in [5, 5.41) is 3.73. The van der Waals surface area contributed by atoms with Crippen LogP contribution in [0.4, 0.5) is 5.69 Å². The molecule has 0 radical (unpaired) electrons. The molecule has 4 nitrogen and oxygen atoms in total. The van der Waals surface area contributed by atoms with E-state index < -0.39 is 0 Å². The number of furan rings is 1. The molecule has 4 heteroatoms. The Labute approximate surface area is 139 Å². The topological polar surface area (TPSA) is 31.6 Å². The van der Waals surface area contributed by atoms with Gasteiger partial charge in [-0.25, -0.2) is 0 Å². The Balaban J connectivity index is 1.49. The molecule has 1 aliphatic heterocycles. The molecule has 1 aliphatic rings. The Kier molecular flexibility index (Phi) is 5.36. The van der Waals surface area contributed by atoms with E-state index in [2.05, 4.69) is 65.6 Å². The van der Waals surface area contributed by atoms with Crippen LogP contribution in [0.3, 0.4) is 0 Å². The van der Waals surface area contributed by atoms with Crippen molar-refractivity contribution in [3.05, 3.63) is 54.5 Å². The second kappa shape index (κ2) is 7.66. The largest absolute Gasteiger partial charge is 0.468 e. The second-order valence-electron chi connectivity index (χ2n) is 6.50. The zero-order valence-electron chi connectivity index (χ0n) is 14.1. The Morgan fingerprint density at radius 3 is 2.48 bits per heavy atom. The number of hydrogen-bond donors (Lipinski definition) is 1. The second-order valence-corrected chi connectivity index (χ2v) is 6.50. The van der Waals surface area contributed by atoms with Gasteiger partial charge in [0.25, 0.3) is 0 Å². The van der Waals surface area contributed by atoms with Crippen molar-refractivity contribution in [1.29, 1.82) is 0 Å². The van der Waals surface area contributed by atoms with Crippen molar-refractivity contribution in [1.82, 2.24) is 10.2 Å². The van der Waals surface area contributed by atoms with Crippen LogP contribution in [-0.2, 0) is 0 Å². The van der Waals surface area contributed by atoms with E-state index >= 15 is 0 Å². The molecular weight excluding hydrogens is 286 g/mol. The lowest BCUT2D eigenvalue weighted by molar-refractivity contribution is 0.238. The van der Waals surface area contributed by atoms with Crippen molar-refractivity contribution in [3.8, 4) is 0 Å². The molecule has 0 spiro atoms. The average Bonchev–Trinajstić information content (AvgIpc) is 3.10. The summed E-state index contributed by atoms with van der Waals surface area (Å²) in [6, 6.07) is 15.6. The fraction of sp³-hybridized carbons (Fsp3) is 0.474. The van der Waals surface area contributed by atoms with Crippen molar-refractivity contribution < 1.29 is 4.42 Å². The van der Waals surface area contributed by atoms with Crippen molar-refractivity contribution in [2.75, 3.05) is 38.6 Å². The van der Waals surface area contributed by atoms with E-state index in [0.29, 0.717) is 6.04 Å². The maximum atomic E-state index is 5.58. The molecule has 0 unspecified atom stereocenters. The van der Waals surface area contributed by atoms with Crippen LogP contribution in [0.2, 0.25) is 0 Å². The minimum atomic E-state index is 0.289. The summed E-state index contributed by atoms with van der Waals surface area (Å²) in [6.07, 6.45) is 4.13. The highest BCUT2D eigenvalue weighted by Gasteiger charge is 2.22. The van der Waals surface area contributed by atoms with E-state index in [4.69, 9.17) is 4.42 Å². The predicted molar refractivity (Wildman–Crippen MR) is 94.8 cm³/mol. The lowest BCUT2D eigenvalue weighted by Gasteiger charge is -2.35. The third-order valence-electron chi connectivity index (χ3n) is 4.71. The molecule has 1 aromatic carbocycles. The van der Waals surface area contributed by atoms with Crippen LogP contribution >= 0.6 is 0 Å². The fourth-order valence-electron chi connectivity index (χ4n) is 3.28. The fourth-order valence-corrected chi connectivity index (χ4v) is 3.28. The molecule has 1 aromatic heterocycles. The molecule has 0 bridgehead atoms. The normalized spacial score (nSPS) is 17.6. The summed E-state index contributed by atoms with van der Waals surface area (Å²) in [5.74, 6) is 1.03. The van der Waals surface area contributed by atoms with E-state index in [1.165, 1.54) is 18.5 Å². The average molecular weight is 313 g/mol. The minimum Gasteiger partial charge on any atom is -0.468 e. The highest BCUT2D eigenvalue weighted by atomic mass is 16.3. The molecule has 2 heterocycles. The van der Waals surface area contributed by atoms with E-state index in [1.54, 1.807) is 6.26 Å². The van der Waals surface area contributed by atoms with Gasteiger partial charge in [-0.3, -0.25) is 4.90 Å². The minimum absolute atomic E-state index is 0.289. The molecule has 1 N–H and O–H groups in total. The first-order valence-electron chi connectivity index (χ1n) is 8.47. The van der Waals surface area contributed by atoms with Gasteiger partial charge in [0.2, 0.25) is 0 Å². The monoisotopic (exact) mass is 313 g/mol. The predicted octanol–water partition coefficient (Wildman–Crippen LogP) is 3.14. The van der Waals surface area contributed by atoms with Gasteiger partial charge in [0.05, 0.1) is 12.3 Å². The van der Waals surface area contributed by atoms with E-state index in [9.17, 15) is 0 Å². The highest BCUT2D eigenvalue weighted by Crippen LogP contribution is 2.21. The Hall–Kier alpha value is -1.78. The summed E-state index contributed by atoms with van der Waals surface area (Å²) in [6.45, 7) is 3.17. The van der Waals surface area contributed by atoms with Crippen molar-refractivity contribution in [2.45, 2.75) is 24.9 Å². The zero-order chi connectivity index (χ0) is 16.1. The van der Waals surface area contributed by atoms with Gasteiger partial charge in [0.1, 0.15) is 5.76 Å². The number of hydrogen-bond acceptors (Lipinski definition) is 4. The number of likely N-dealkylation sites (N-methyl/N-ethyl adjacent to an activating group) is 1. The van der Waals surface area contributed by atoms with Gasteiger partial charge in [-0.2, -0.15) is 0 Å². The van der Waals surface area contributed by atoms with Gasteiger partial charge in [0.15, 0.2) is 0 Å². The molecular formula is C19H27N3O. The van der Waals surface area contributed by atoms with Crippen LogP contribution in [-0.4, -0.2) is 44.7 Å². The number of nitrogens with one attached hydrogen (secondary N) is 1. The maximum absolute atomic E-state index is 5.58. The standard InChI is InChI=1S/C19H27N3O/c1-21(2)18(19-9-6-14-23-19)15-20-16-10-12-22(13-11-16)17-7-4-3-5-8-17/h3-9,14,16,18,20H,10-13,15H2,1-2H3/t18-/m0/s1. The smallest absolute Gasteiger partial charge is 0.122 e. The van der Waals surface area contributed by atoms with Crippen molar-refractivity contribution >= 4 is 5.69 Å². The van der Waals surface area contributed by atoms with E-state index in [0.717, 1.165) is 25.4 Å². The molecule has 124 valence electrons. The third kappa shape index (κ3) is 4.15. The molecule has 3 rings (SSSR count). The molecule has 2 aromatic rings. The van der Waals surface area contributed by atoms with Gasteiger partial charge in [0, 0.05) is 31.4 Å². The summed E-state index contributed by atoms with van der Waals surface area (Å²) in [5.41, 5.74) is 1.34. The number of benzene rings is 1. The zero-order valence-corrected chi connectivity index (χ0v) is 14.1. The van der Waals surface area contributed by atoms with Crippen LogP contribution in [0.15, 0.2) is 53.1 Å². The number of piperidine rings is 1. The van der Waals surface area contributed by atoms with Gasteiger partial charge in [-0.15, -0.1) is 0 Å². The van der Waals surface area contributed by atoms with Gasteiger partial charge >= 0.3 is 0 Å². The van der Waals surface area contributed by atoms with Crippen LogP contribution in [0.25, 0.3) is 0 Å². The molecule has 0 aliphatic carbocycles. The quantitative estimate of drug-likeness (QED) is 0.888. The van der Waals surface area contributed by atoms with Crippen LogP contribution in [0.1, 0.15) is 24.6 Å². The van der Waals surface area contributed by atoms with Gasteiger partial charge in [-0.05, 0) is 51.2 Å². The van der Waals surface area contributed by atoms with Crippen LogP contribution in [0.5, 0.6) is 0 Å².